The summed E-state index contributed by atoms with van der Waals surface area (Å²) in [6.07, 6.45) is 0.845. The zero-order valence-corrected chi connectivity index (χ0v) is 10.9. The third-order valence-electron chi connectivity index (χ3n) is 2.75. The minimum absolute atomic E-state index is 0.249. The van der Waals surface area contributed by atoms with E-state index in [2.05, 4.69) is 11.8 Å². The van der Waals surface area contributed by atoms with Crippen LogP contribution in [-0.2, 0) is 14.2 Å². The Hall–Kier alpha value is -0.200. The highest BCUT2D eigenvalue weighted by Crippen LogP contribution is 2.06. The maximum atomic E-state index is 9.83. The fourth-order valence-corrected chi connectivity index (χ4v) is 1.96. The molecule has 102 valence electrons. The number of aliphatic hydroxyl groups is 1. The van der Waals surface area contributed by atoms with Gasteiger partial charge in [0.25, 0.3) is 0 Å². The SMILES string of the molecule is COCCOCC(O)CN1CCCOC(C)C1. The second kappa shape index (κ2) is 8.83. The fraction of sp³-hybridized carbons (Fsp3) is 1.00. The smallest absolute Gasteiger partial charge is 0.0900 e. The number of rotatable bonds is 7. The summed E-state index contributed by atoms with van der Waals surface area (Å²) in [5, 5.41) is 9.83. The zero-order valence-electron chi connectivity index (χ0n) is 10.9. The molecule has 2 atom stereocenters. The van der Waals surface area contributed by atoms with Crippen molar-refractivity contribution >= 4 is 0 Å². The molecule has 0 radical (unpaired) electrons. The van der Waals surface area contributed by atoms with Crippen LogP contribution in [0.4, 0.5) is 0 Å². The van der Waals surface area contributed by atoms with Gasteiger partial charge in [0.15, 0.2) is 0 Å². The molecule has 0 aromatic carbocycles. The third kappa shape index (κ3) is 6.95. The molecular formula is C12H25NO4. The van der Waals surface area contributed by atoms with Gasteiger partial charge in [-0.2, -0.15) is 0 Å². The molecule has 5 nitrogen and oxygen atoms in total. The summed E-state index contributed by atoms with van der Waals surface area (Å²) in [5.74, 6) is 0. The highest BCUT2D eigenvalue weighted by atomic mass is 16.5. The van der Waals surface area contributed by atoms with Crippen molar-refractivity contribution in [3.05, 3.63) is 0 Å². The molecule has 0 aliphatic carbocycles. The summed E-state index contributed by atoms with van der Waals surface area (Å²) in [4.78, 5) is 2.24. The second-order valence-electron chi connectivity index (χ2n) is 4.52. The summed E-state index contributed by atoms with van der Waals surface area (Å²) in [6.45, 7) is 6.89. The van der Waals surface area contributed by atoms with Gasteiger partial charge in [0, 0.05) is 33.4 Å². The van der Waals surface area contributed by atoms with E-state index in [1.165, 1.54) is 0 Å². The number of methoxy groups -OCH3 is 1. The number of ether oxygens (including phenoxy) is 3. The normalized spacial score (nSPS) is 24.5. The van der Waals surface area contributed by atoms with Gasteiger partial charge < -0.3 is 19.3 Å². The highest BCUT2D eigenvalue weighted by Gasteiger charge is 2.17. The predicted octanol–water partition coefficient (Wildman–Crippen LogP) is 0.121. The second-order valence-corrected chi connectivity index (χ2v) is 4.52. The lowest BCUT2D eigenvalue weighted by molar-refractivity contribution is -0.00401. The molecule has 17 heavy (non-hydrogen) atoms. The fourth-order valence-electron chi connectivity index (χ4n) is 1.96. The van der Waals surface area contributed by atoms with E-state index >= 15 is 0 Å². The van der Waals surface area contributed by atoms with E-state index < -0.39 is 6.10 Å². The monoisotopic (exact) mass is 247 g/mol. The minimum atomic E-state index is -0.433. The lowest BCUT2D eigenvalue weighted by atomic mass is 10.3. The molecule has 0 amide bonds. The van der Waals surface area contributed by atoms with Gasteiger partial charge in [0.1, 0.15) is 0 Å². The van der Waals surface area contributed by atoms with Gasteiger partial charge in [-0.05, 0) is 13.3 Å². The Labute approximate surface area is 104 Å². The van der Waals surface area contributed by atoms with Crippen LogP contribution >= 0.6 is 0 Å². The van der Waals surface area contributed by atoms with Crippen LogP contribution in [0, 0.1) is 0 Å². The third-order valence-corrected chi connectivity index (χ3v) is 2.75. The Morgan fingerprint density at radius 3 is 3.06 bits per heavy atom. The van der Waals surface area contributed by atoms with Crippen molar-refractivity contribution in [3.63, 3.8) is 0 Å². The Morgan fingerprint density at radius 2 is 2.29 bits per heavy atom. The zero-order chi connectivity index (χ0) is 12.5. The van der Waals surface area contributed by atoms with E-state index in [0.29, 0.717) is 26.4 Å². The van der Waals surface area contributed by atoms with Gasteiger partial charge >= 0.3 is 0 Å². The van der Waals surface area contributed by atoms with Crippen LogP contribution < -0.4 is 0 Å². The van der Waals surface area contributed by atoms with Gasteiger partial charge in [0.2, 0.25) is 0 Å². The Balaban J connectivity index is 2.13. The van der Waals surface area contributed by atoms with Gasteiger partial charge in [-0.25, -0.2) is 0 Å². The van der Waals surface area contributed by atoms with Crippen molar-refractivity contribution in [1.29, 1.82) is 0 Å². The van der Waals surface area contributed by atoms with Crippen LogP contribution in [0.15, 0.2) is 0 Å². The van der Waals surface area contributed by atoms with Crippen LogP contribution in [0.25, 0.3) is 0 Å². The molecule has 5 heteroatoms. The van der Waals surface area contributed by atoms with E-state index in [1.54, 1.807) is 7.11 Å². The number of hydrogen-bond acceptors (Lipinski definition) is 5. The number of nitrogens with zero attached hydrogens (tertiary/aromatic N) is 1. The van der Waals surface area contributed by atoms with Crippen LogP contribution in [0.1, 0.15) is 13.3 Å². The molecule has 1 fully saturated rings. The number of aliphatic hydroxyl groups excluding tert-OH is 1. The van der Waals surface area contributed by atoms with Crippen molar-refractivity contribution in [2.24, 2.45) is 0 Å². The molecule has 0 saturated carbocycles. The van der Waals surface area contributed by atoms with E-state index in [9.17, 15) is 5.11 Å². The quantitative estimate of drug-likeness (QED) is 0.648. The summed E-state index contributed by atoms with van der Waals surface area (Å²) in [7, 11) is 1.64. The first kappa shape index (κ1) is 14.9. The molecule has 1 saturated heterocycles. The van der Waals surface area contributed by atoms with Gasteiger partial charge in [-0.1, -0.05) is 0 Å². The average Bonchev–Trinajstić information content (AvgIpc) is 2.49. The van der Waals surface area contributed by atoms with Crippen molar-refractivity contribution in [2.45, 2.75) is 25.6 Å². The van der Waals surface area contributed by atoms with Crippen molar-refractivity contribution < 1.29 is 19.3 Å². The largest absolute Gasteiger partial charge is 0.389 e. The predicted molar refractivity (Wildman–Crippen MR) is 65.2 cm³/mol. The van der Waals surface area contributed by atoms with E-state index in [0.717, 1.165) is 26.1 Å². The lowest BCUT2D eigenvalue weighted by Crippen LogP contribution is -2.38. The van der Waals surface area contributed by atoms with Crippen molar-refractivity contribution in [2.75, 3.05) is 53.2 Å². The van der Waals surface area contributed by atoms with E-state index in [-0.39, 0.29) is 6.10 Å². The van der Waals surface area contributed by atoms with Crippen LogP contribution in [0.2, 0.25) is 0 Å². The first-order valence-corrected chi connectivity index (χ1v) is 6.31. The Kier molecular flexibility index (Phi) is 7.72. The highest BCUT2D eigenvalue weighted by molar-refractivity contribution is 4.70. The van der Waals surface area contributed by atoms with Crippen LogP contribution in [0.3, 0.4) is 0 Å². The maximum Gasteiger partial charge on any atom is 0.0900 e. The number of β-amino-alcohol motifs (C(OH)–C–C–N with tert-alkyl or cyclic N) is 1. The van der Waals surface area contributed by atoms with Crippen molar-refractivity contribution in [1.82, 2.24) is 4.90 Å². The standard InChI is InChI=1S/C12H25NO4/c1-11-8-13(4-3-5-17-11)9-12(14)10-16-7-6-15-2/h11-12,14H,3-10H2,1-2H3. The van der Waals surface area contributed by atoms with Crippen LogP contribution in [-0.4, -0.2) is 75.4 Å². The summed E-state index contributed by atoms with van der Waals surface area (Å²) in [6, 6.07) is 0. The first-order valence-electron chi connectivity index (χ1n) is 6.31. The first-order chi connectivity index (χ1) is 8.22. The molecule has 0 spiro atoms. The van der Waals surface area contributed by atoms with Crippen molar-refractivity contribution in [3.8, 4) is 0 Å². The van der Waals surface area contributed by atoms with E-state index in [1.807, 2.05) is 0 Å². The summed E-state index contributed by atoms with van der Waals surface area (Å²) in [5.41, 5.74) is 0. The minimum Gasteiger partial charge on any atom is -0.389 e. The molecule has 1 aliphatic rings. The molecule has 0 bridgehead atoms. The lowest BCUT2D eigenvalue weighted by Gasteiger charge is -2.24. The topological polar surface area (TPSA) is 51.2 Å². The molecule has 2 unspecified atom stereocenters. The Morgan fingerprint density at radius 1 is 1.47 bits per heavy atom. The van der Waals surface area contributed by atoms with Gasteiger partial charge in [-0.3, -0.25) is 4.90 Å². The van der Waals surface area contributed by atoms with E-state index in [4.69, 9.17) is 14.2 Å². The van der Waals surface area contributed by atoms with Gasteiger partial charge in [-0.15, -0.1) is 0 Å². The average molecular weight is 247 g/mol. The number of hydrogen-bond donors (Lipinski definition) is 1. The molecular weight excluding hydrogens is 222 g/mol. The molecule has 1 N–H and O–H groups in total. The summed E-state index contributed by atoms with van der Waals surface area (Å²) < 4.78 is 15.7. The molecule has 0 aromatic heterocycles. The molecule has 1 heterocycles. The summed E-state index contributed by atoms with van der Waals surface area (Å²) >= 11 is 0. The molecule has 1 aliphatic heterocycles. The Bertz CT molecular complexity index is 191. The van der Waals surface area contributed by atoms with Crippen LogP contribution in [0.5, 0.6) is 0 Å². The molecule has 0 aromatic rings. The maximum absolute atomic E-state index is 9.83. The van der Waals surface area contributed by atoms with Gasteiger partial charge in [0.05, 0.1) is 32.0 Å². The molecule has 1 rings (SSSR count).